The van der Waals surface area contributed by atoms with Gasteiger partial charge in [0, 0.05) is 23.9 Å². The molecule has 0 atom stereocenters. The van der Waals surface area contributed by atoms with Gasteiger partial charge in [-0.05, 0) is 54.5 Å². The predicted octanol–water partition coefficient (Wildman–Crippen LogP) is 2.57. The molecule has 1 aromatic heterocycles. The summed E-state index contributed by atoms with van der Waals surface area (Å²) >= 11 is 3.45. The maximum Gasteiger partial charge on any atom is 0.220 e. The van der Waals surface area contributed by atoms with E-state index in [9.17, 15) is 4.79 Å². The summed E-state index contributed by atoms with van der Waals surface area (Å²) in [5.74, 6) is 2.25. The van der Waals surface area contributed by atoms with Crippen molar-refractivity contribution in [3.8, 4) is 0 Å². The fraction of sp³-hybridized carbons (Fsp3) is 0.643. The first-order valence-electron chi connectivity index (χ1n) is 7.22. The van der Waals surface area contributed by atoms with Gasteiger partial charge in [-0.15, -0.1) is 0 Å². The first kappa shape index (κ1) is 13.8. The van der Waals surface area contributed by atoms with Crippen LogP contribution >= 0.6 is 15.9 Å². The van der Waals surface area contributed by atoms with Crippen LogP contribution in [0.1, 0.15) is 50.3 Å². The van der Waals surface area contributed by atoms with E-state index in [1.54, 1.807) is 0 Å². The van der Waals surface area contributed by atoms with Crippen molar-refractivity contribution in [1.82, 2.24) is 9.97 Å². The minimum Gasteiger partial charge on any atom is -0.369 e. The monoisotopic (exact) mass is 338 g/mol. The van der Waals surface area contributed by atoms with Crippen molar-refractivity contribution < 1.29 is 4.79 Å². The van der Waals surface area contributed by atoms with Crippen LogP contribution in [0.2, 0.25) is 0 Å². The Bertz CT molecular complexity index is 510. The van der Waals surface area contributed by atoms with E-state index < -0.39 is 0 Å². The lowest BCUT2D eigenvalue weighted by molar-refractivity contribution is -0.122. The molecule has 6 heteroatoms. The molecule has 1 heterocycles. The smallest absolute Gasteiger partial charge is 0.220 e. The number of nitrogens with two attached hydrogens (primary N) is 1. The number of hydrogen-bond donors (Lipinski definition) is 2. The summed E-state index contributed by atoms with van der Waals surface area (Å²) in [7, 11) is 0. The normalized spacial score (nSPS) is 26.2. The fourth-order valence-corrected chi connectivity index (χ4v) is 3.16. The summed E-state index contributed by atoms with van der Waals surface area (Å²) in [6.07, 6.45) is 6.06. The van der Waals surface area contributed by atoms with Gasteiger partial charge in [0.1, 0.15) is 16.2 Å². The Balaban J connectivity index is 1.62. The summed E-state index contributed by atoms with van der Waals surface area (Å²) in [5.41, 5.74) is 5.36. The van der Waals surface area contributed by atoms with Crippen LogP contribution < -0.4 is 11.1 Å². The third kappa shape index (κ3) is 3.29. The van der Waals surface area contributed by atoms with Crippen molar-refractivity contribution in [3.05, 3.63) is 16.5 Å². The van der Waals surface area contributed by atoms with Crippen molar-refractivity contribution in [2.45, 2.75) is 50.5 Å². The summed E-state index contributed by atoms with van der Waals surface area (Å²) < 4.78 is 0.836. The Morgan fingerprint density at radius 1 is 1.20 bits per heavy atom. The minimum atomic E-state index is -0.163. The number of rotatable bonds is 4. The van der Waals surface area contributed by atoms with E-state index in [0.717, 1.165) is 41.9 Å². The van der Waals surface area contributed by atoms with Crippen LogP contribution in [0, 0.1) is 5.92 Å². The van der Waals surface area contributed by atoms with Crippen LogP contribution in [0.4, 0.5) is 5.82 Å². The van der Waals surface area contributed by atoms with Crippen LogP contribution in [-0.2, 0) is 4.79 Å². The molecule has 0 aromatic carbocycles. The van der Waals surface area contributed by atoms with Gasteiger partial charge in [-0.3, -0.25) is 4.79 Å². The van der Waals surface area contributed by atoms with Crippen molar-refractivity contribution in [2.24, 2.45) is 11.7 Å². The number of carbonyl (C=O) groups is 1. The van der Waals surface area contributed by atoms with Gasteiger partial charge in [0.15, 0.2) is 0 Å². The molecule has 2 fully saturated rings. The molecule has 2 aliphatic carbocycles. The maximum absolute atomic E-state index is 11.2. The molecule has 1 amide bonds. The highest BCUT2D eigenvalue weighted by Gasteiger charge is 2.28. The van der Waals surface area contributed by atoms with Gasteiger partial charge >= 0.3 is 0 Å². The molecule has 0 aliphatic heterocycles. The molecule has 1 aromatic rings. The Kier molecular flexibility index (Phi) is 3.92. The third-order valence-corrected chi connectivity index (χ3v) is 4.54. The summed E-state index contributed by atoms with van der Waals surface area (Å²) in [6.45, 7) is 0. The molecule has 0 bridgehead atoms. The largest absolute Gasteiger partial charge is 0.369 e. The molecule has 20 heavy (non-hydrogen) atoms. The second kappa shape index (κ2) is 5.68. The van der Waals surface area contributed by atoms with Gasteiger partial charge in [-0.2, -0.15) is 0 Å². The highest BCUT2D eigenvalue weighted by atomic mass is 79.9. The van der Waals surface area contributed by atoms with E-state index in [-0.39, 0.29) is 11.8 Å². The molecule has 0 radical (unpaired) electrons. The molecule has 2 aliphatic rings. The van der Waals surface area contributed by atoms with Gasteiger partial charge in [-0.1, -0.05) is 0 Å². The molecule has 108 valence electrons. The van der Waals surface area contributed by atoms with E-state index in [4.69, 9.17) is 5.73 Å². The summed E-state index contributed by atoms with van der Waals surface area (Å²) in [4.78, 5) is 20.2. The van der Waals surface area contributed by atoms with E-state index in [2.05, 4.69) is 31.2 Å². The second-order valence-electron chi connectivity index (χ2n) is 5.80. The van der Waals surface area contributed by atoms with Crippen LogP contribution in [-0.4, -0.2) is 21.9 Å². The highest BCUT2D eigenvalue weighted by molar-refractivity contribution is 9.10. The van der Waals surface area contributed by atoms with Crippen LogP contribution in [0.25, 0.3) is 0 Å². The molecule has 2 saturated carbocycles. The SMILES string of the molecule is NC(=O)C1CCC(Nc2cc(Br)nc(C3CC3)n2)CC1. The number of aromatic nitrogens is 2. The maximum atomic E-state index is 11.2. The third-order valence-electron chi connectivity index (χ3n) is 4.14. The molecular weight excluding hydrogens is 320 g/mol. The number of primary amides is 1. The second-order valence-corrected chi connectivity index (χ2v) is 6.62. The summed E-state index contributed by atoms with van der Waals surface area (Å²) in [5, 5.41) is 3.47. The average molecular weight is 339 g/mol. The van der Waals surface area contributed by atoms with E-state index in [0.29, 0.717) is 12.0 Å². The zero-order valence-corrected chi connectivity index (χ0v) is 12.9. The Hall–Kier alpha value is -1.17. The Labute approximate surface area is 126 Å². The standard InChI is InChI=1S/C14H19BrN4O/c15-11-7-12(19-14(18-11)9-1-2-9)17-10-5-3-8(4-6-10)13(16)20/h7-10H,1-6H2,(H2,16,20)(H,17,18,19). The lowest BCUT2D eigenvalue weighted by atomic mass is 9.85. The molecular formula is C14H19BrN4O. The molecule has 0 spiro atoms. The van der Waals surface area contributed by atoms with Crippen molar-refractivity contribution in [2.75, 3.05) is 5.32 Å². The van der Waals surface area contributed by atoms with Gasteiger partial charge in [0.2, 0.25) is 5.91 Å². The zero-order valence-electron chi connectivity index (χ0n) is 11.3. The van der Waals surface area contributed by atoms with Crippen molar-refractivity contribution in [3.63, 3.8) is 0 Å². The average Bonchev–Trinajstić information content (AvgIpc) is 3.23. The van der Waals surface area contributed by atoms with E-state index in [1.807, 2.05) is 6.07 Å². The van der Waals surface area contributed by atoms with Crippen LogP contribution in [0.15, 0.2) is 10.7 Å². The Morgan fingerprint density at radius 2 is 1.90 bits per heavy atom. The first-order chi connectivity index (χ1) is 9.61. The quantitative estimate of drug-likeness (QED) is 0.826. The lowest BCUT2D eigenvalue weighted by Gasteiger charge is -2.27. The molecule has 5 nitrogen and oxygen atoms in total. The van der Waals surface area contributed by atoms with Gasteiger partial charge in [0.05, 0.1) is 0 Å². The first-order valence-corrected chi connectivity index (χ1v) is 8.01. The number of anilines is 1. The highest BCUT2D eigenvalue weighted by Crippen LogP contribution is 2.39. The van der Waals surface area contributed by atoms with E-state index in [1.165, 1.54) is 12.8 Å². The fourth-order valence-electron chi connectivity index (χ4n) is 2.76. The van der Waals surface area contributed by atoms with Gasteiger partial charge < -0.3 is 11.1 Å². The summed E-state index contributed by atoms with van der Waals surface area (Å²) in [6, 6.07) is 2.30. The lowest BCUT2D eigenvalue weighted by Crippen LogP contribution is -2.32. The predicted molar refractivity (Wildman–Crippen MR) is 80.3 cm³/mol. The molecule has 0 saturated heterocycles. The number of hydrogen-bond acceptors (Lipinski definition) is 4. The number of nitrogens with zero attached hydrogens (tertiary/aromatic N) is 2. The van der Waals surface area contributed by atoms with E-state index >= 15 is 0 Å². The van der Waals surface area contributed by atoms with Gasteiger partial charge in [-0.25, -0.2) is 9.97 Å². The van der Waals surface area contributed by atoms with Gasteiger partial charge in [0.25, 0.3) is 0 Å². The van der Waals surface area contributed by atoms with Crippen LogP contribution in [0.3, 0.4) is 0 Å². The number of amides is 1. The zero-order chi connectivity index (χ0) is 14.1. The van der Waals surface area contributed by atoms with Crippen molar-refractivity contribution in [1.29, 1.82) is 0 Å². The number of nitrogens with one attached hydrogen (secondary N) is 1. The number of halogens is 1. The van der Waals surface area contributed by atoms with Crippen molar-refractivity contribution >= 4 is 27.7 Å². The molecule has 3 N–H and O–H groups in total. The number of carbonyl (C=O) groups excluding carboxylic acids is 1. The minimum absolute atomic E-state index is 0.0483. The Morgan fingerprint density at radius 3 is 2.50 bits per heavy atom. The van der Waals surface area contributed by atoms with Crippen LogP contribution in [0.5, 0.6) is 0 Å². The topological polar surface area (TPSA) is 80.9 Å². The molecule has 3 rings (SSSR count). The molecule has 0 unspecified atom stereocenters.